The molecule has 21 heavy (non-hydrogen) atoms. The molecule has 0 radical (unpaired) electrons. The molecular weight excluding hydrogens is 282 g/mol. The molecular formula is C17H19NO2S. The highest BCUT2D eigenvalue weighted by Crippen LogP contribution is 2.46. The van der Waals surface area contributed by atoms with E-state index in [1.165, 1.54) is 5.56 Å². The standard InChI is InChI=1S/C17H19NO2S/c1-2-12-8-10-13(11-9-12)15-16(18)17(15)21(19,20)14-6-4-3-5-7-14/h3-11,15-17H,2,18H2,1H3/t15-,16-,17-/m1/s1. The zero-order chi connectivity index (χ0) is 15.0. The first kappa shape index (κ1) is 14.3. The van der Waals surface area contributed by atoms with Crippen LogP contribution in [0.25, 0.3) is 0 Å². The van der Waals surface area contributed by atoms with Crippen LogP contribution in [0.4, 0.5) is 0 Å². The molecule has 1 saturated carbocycles. The first-order chi connectivity index (χ1) is 10.1. The van der Waals surface area contributed by atoms with Gasteiger partial charge in [0.2, 0.25) is 0 Å². The summed E-state index contributed by atoms with van der Waals surface area (Å²) >= 11 is 0. The fraction of sp³-hybridized carbons (Fsp3) is 0.294. The van der Waals surface area contributed by atoms with Crippen LogP contribution in [0.2, 0.25) is 0 Å². The molecule has 3 atom stereocenters. The van der Waals surface area contributed by atoms with E-state index in [4.69, 9.17) is 5.73 Å². The normalized spacial score (nSPS) is 24.8. The summed E-state index contributed by atoms with van der Waals surface area (Å²) < 4.78 is 25.3. The van der Waals surface area contributed by atoms with E-state index in [9.17, 15) is 8.42 Å². The van der Waals surface area contributed by atoms with Crippen molar-refractivity contribution in [2.75, 3.05) is 0 Å². The Labute approximate surface area is 125 Å². The van der Waals surface area contributed by atoms with Gasteiger partial charge in [-0.3, -0.25) is 0 Å². The quantitative estimate of drug-likeness (QED) is 0.944. The number of hydrogen-bond donors (Lipinski definition) is 1. The molecule has 0 unspecified atom stereocenters. The van der Waals surface area contributed by atoms with E-state index in [2.05, 4.69) is 6.92 Å². The summed E-state index contributed by atoms with van der Waals surface area (Å²) in [7, 11) is -3.35. The lowest BCUT2D eigenvalue weighted by Crippen LogP contribution is -2.15. The second-order valence-corrected chi connectivity index (χ2v) is 7.63. The lowest BCUT2D eigenvalue weighted by Gasteiger charge is -2.04. The van der Waals surface area contributed by atoms with Crippen LogP contribution in [-0.2, 0) is 16.3 Å². The van der Waals surface area contributed by atoms with Gasteiger partial charge in [0.05, 0.1) is 10.1 Å². The van der Waals surface area contributed by atoms with E-state index >= 15 is 0 Å². The highest BCUT2D eigenvalue weighted by atomic mass is 32.2. The highest BCUT2D eigenvalue weighted by Gasteiger charge is 2.56. The van der Waals surface area contributed by atoms with Crippen LogP contribution in [-0.4, -0.2) is 19.7 Å². The first-order valence-electron chi connectivity index (χ1n) is 7.19. The fourth-order valence-corrected chi connectivity index (χ4v) is 4.93. The van der Waals surface area contributed by atoms with E-state index in [1.54, 1.807) is 24.3 Å². The van der Waals surface area contributed by atoms with Gasteiger partial charge in [0.15, 0.2) is 9.84 Å². The van der Waals surface area contributed by atoms with Gasteiger partial charge in [0.1, 0.15) is 0 Å². The van der Waals surface area contributed by atoms with Crippen molar-refractivity contribution in [1.82, 2.24) is 0 Å². The molecule has 1 aliphatic carbocycles. The lowest BCUT2D eigenvalue weighted by atomic mass is 10.1. The molecule has 0 bridgehead atoms. The number of nitrogens with two attached hydrogens (primary N) is 1. The Bertz CT molecular complexity index is 723. The minimum absolute atomic E-state index is 0.0962. The SMILES string of the molecule is CCc1ccc([C@@H]2[C@@H](N)[C@@H]2S(=O)(=O)c2ccccc2)cc1. The largest absolute Gasteiger partial charge is 0.326 e. The maximum Gasteiger partial charge on any atom is 0.183 e. The Balaban J connectivity index is 1.88. The third-order valence-electron chi connectivity index (χ3n) is 4.21. The number of sulfone groups is 1. The molecule has 0 amide bonds. The summed E-state index contributed by atoms with van der Waals surface area (Å²) in [6.07, 6.45) is 0.975. The average molecular weight is 301 g/mol. The summed E-state index contributed by atoms with van der Waals surface area (Å²) in [5, 5.41) is -0.507. The third-order valence-corrected chi connectivity index (χ3v) is 6.46. The Morgan fingerprint density at radius 3 is 2.19 bits per heavy atom. The molecule has 2 aromatic rings. The molecule has 1 fully saturated rings. The van der Waals surface area contributed by atoms with Gasteiger partial charge in [-0.15, -0.1) is 0 Å². The molecule has 110 valence electrons. The summed E-state index contributed by atoms with van der Waals surface area (Å²) in [4.78, 5) is 0.359. The number of hydrogen-bond acceptors (Lipinski definition) is 3. The molecule has 2 aromatic carbocycles. The van der Waals surface area contributed by atoms with Gasteiger partial charge in [-0.25, -0.2) is 8.42 Å². The molecule has 0 aromatic heterocycles. The molecule has 3 rings (SSSR count). The summed E-state index contributed by atoms with van der Waals surface area (Å²) in [5.41, 5.74) is 8.32. The maximum atomic E-state index is 12.6. The van der Waals surface area contributed by atoms with Crippen LogP contribution in [0.1, 0.15) is 24.0 Å². The van der Waals surface area contributed by atoms with Crippen molar-refractivity contribution < 1.29 is 8.42 Å². The molecule has 1 aliphatic rings. The topological polar surface area (TPSA) is 60.2 Å². The fourth-order valence-electron chi connectivity index (χ4n) is 2.86. The summed E-state index contributed by atoms with van der Waals surface area (Å²) in [6, 6.07) is 16.4. The van der Waals surface area contributed by atoms with Gasteiger partial charge in [-0.05, 0) is 29.7 Å². The van der Waals surface area contributed by atoms with Crippen LogP contribution < -0.4 is 5.73 Å². The Morgan fingerprint density at radius 1 is 1.00 bits per heavy atom. The van der Waals surface area contributed by atoms with E-state index in [-0.39, 0.29) is 12.0 Å². The second-order valence-electron chi connectivity index (χ2n) is 5.52. The van der Waals surface area contributed by atoms with Gasteiger partial charge in [0, 0.05) is 12.0 Å². The van der Waals surface area contributed by atoms with Gasteiger partial charge in [-0.1, -0.05) is 49.4 Å². The maximum absolute atomic E-state index is 12.6. The molecule has 0 spiro atoms. The average Bonchev–Trinajstić information content (AvgIpc) is 3.20. The minimum atomic E-state index is -3.35. The van der Waals surface area contributed by atoms with E-state index in [1.807, 2.05) is 30.3 Å². The van der Waals surface area contributed by atoms with Crippen molar-refractivity contribution in [3.63, 3.8) is 0 Å². The van der Waals surface area contributed by atoms with Crippen LogP contribution in [0.15, 0.2) is 59.5 Å². The van der Waals surface area contributed by atoms with Crippen LogP contribution in [0.3, 0.4) is 0 Å². The van der Waals surface area contributed by atoms with Crippen molar-refractivity contribution >= 4 is 9.84 Å². The first-order valence-corrected chi connectivity index (χ1v) is 8.73. The van der Waals surface area contributed by atoms with Crippen LogP contribution in [0.5, 0.6) is 0 Å². The Morgan fingerprint density at radius 2 is 1.62 bits per heavy atom. The van der Waals surface area contributed by atoms with Crippen molar-refractivity contribution in [3.8, 4) is 0 Å². The zero-order valence-electron chi connectivity index (χ0n) is 11.9. The van der Waals surface area contributed by atoms with Crippen LogP contribution in [0, 0.1) is 0 Å². The molecule has 4 heteroatoms. The van der Waals surface area contributed by atoms with Gasteiger partial charge in [-0.2, -0.15) is 0 Å². The van der Waals surface area contributed by atoms with E-state index in [0.717, 1.165) is 12.0 Å². The van der Waals surface area contributed by atoms with Gasteiger partial charge >= 0.3 is 0 Å². The molecule has 2 N–H and O–H groups in total. The number of rotatable bonds is 4. The van der Waals surface area contributed by atoms with E-state index < -0.39 is 15.1 Å². The van der Waals surface area contributed by atoms with Crippen molar-refractivity contribution in [3.05, 3.63) is 65.7 Å². The summed E-state index contributed by atoms with van der Waals surface area (Å²) in [6.45, 7) is 2.10. The molecule has 3 nitrogen and oxygen atoms in total. The van der Waals surface area contributed by atoms with Crippen molar-refractivity contribution in [2.24, 2.45) is 5.73 Å². The summed E-state index contributed by atoms with van der Waals surface area (Å²) in [5.74, 6) is -0.0962. The van der Waals surface area contributed by atoms with E-state index in [0.29, 0.717) is 4.90 Å². The monoisotopic (exact) mass is 301 g/mol. The lowest BCUT2D eigenvalue weighted by molar-refractivity contribution is 0.593. The minimum Gasteiger partial charge on any atom is -0.326 e. The molecule has 0 saturated heterocycles. The number of aryl methyl sites for hydroxylation is 1. The molecule has 0 heterocycles. The Hall–Kier alpha value is -1.65. The van der Waals surface area contributed by atoms with Gasteiger partial charge < -0.3 is 5.73 Å². The van der Waals surface area contributed by atoms with Gasteiger partial charge in [0.25, 0.3) is 0 Å². The third kappa shape index (κ3) is 2.49. The second kappa shape index (κ2) is 5.28. The smallest absolute Gasteiger partial charge is 0.183 e. The van der Waals surface area contributed by atoms with Crippen LogP contribution >= 0.6 is 0 Å². The Kier molecular flexibility index (Phi) is 3.59. The number of benzene rings is 2. The predicted molar refractivity (Wildman–Crippen MR) is 84.0 cm³/mol. The van der Waals surface area contributed by atoms with Crippen molar-refractivity contribution in [2.45, 2.75) is 35.4 Å². The highest BCUT2D eigenvalue weighted by molar-refractivity contribution is 7.92. The molecule has 0 aliphatic heterocycles. The predicted octanol–water partition coefficient (Wildman–Crippen LogP) is 2.52. The zero-order valence-corrected chi connectivity index (χ0v) is 12.8. The van der Waals surface area contributed by atoms with Crippen molar-refractivity contribution in [1.29, 1.82) is 0 Å².